The first-order valence-electron chi connectivity index (χ1n) is 13.7. The lowest BCUT2D eigenvalue weighted by atomic mass is 10.0. The van der Waals surface area contributed by atoms with E-state index in [1.807, 2.05) is 40.7 Å². The minimum absolute atomic E-state index is 0.133. The molecule has 5 rings (SSSR count). The molecule has 0 unspecified atom stereocenters. The molecule has 1 saturated carbocycles. The molecule has 0 saturated heterocycles. The quantitative estimate of drug-likeness (QED) is 0.182. The second kappa shape index (κ2) is 10.7. The van der Waals surface area contributed by atoms with Crippen LogP contribution >= 0.6 is 0 Å². The largest absolute Gasteiger partial charge is 0.464 e. The van der Waals surface area contributed by atoms with Crippen molar-refractivity contribution in [2.45, 2.75) is 71.7 Å². The lowest BCUT2D eigenvalue weighted by Crippen LogP contribution is -2.34. The molecule has 3 aromatic rings. The number of methoxy groups -OCH3 is 1. The lowest BCUT2D eigenvalue weighted by molar-refractivity contribution is 0.0591. The summed E-state index contributed by atoms with van der Waals surface area (Å²) in [5, 5.41) is 0. The van der Waals surface area contributed by atoms with Crippen LogP contribution in [-0.2, 0) is 22.7 Å². The van der Waals surface area contributed by atoms with Gasteiger partial charge in [0.25, 0.3) is 5.91 Å². The second-order valence-electron chi connectivity index (χ2n) is 11.9. The minimum Gasteiger partial charge on any atom is -0.464 e. The van der Waals surface area contributed by atoms with Gasteiger partial charge in [0.1, 0.15) is 12.4 Å². The van der Waals surface area contributed by atoms with Crippen LogP contribution in [0.3, 0.4) is 0 Å². The Morgan fingerprint density at radius 3 is 2.59 bits per heavy atom. The van der Waals surface area contributed by atoms with E-state index in [1.54, 1.807) is 6.20 Å². The summed E-state index contributed by atoms with van der Waals surface area (Å²) in [4.78, 5) is 36.7. The van der Waals surface area contributed by atoms with Gasteiger partial charge in [0.05, 0.1) is 12.8 Å². The highest BCUT2D eigenvalue weighted by atomic mass is 28.3. The zero-order valence-electron chi connectivity index (χ0n) is 23.8. The topological polar surface area (TPSA) is 86.5 Å². The fourth-order valence-electron chi connectivity index (χ4n) is 5.13. The van der Waals surface area contributed by atoms with Gasteiger partial charge in [0, 0.05) is 39.0 Å². The Balaban J connectivity index is 1.43. The number of hydrogen-bond donors (Lipinski definition) is 0. The van der Waals surface area contributed by atoms with Gasteiger partial charge in [-0.2, -0.15) is 0 Å². The van der Waals surface area contributed by atoms with Crippen molar-refractivity contribution in [1.29, 1.82) is 0 Å². The molecular formula is C30H38N4O4Si. The third-order valence-corrected chi connectivity index (χ3v) is 9.58. The number of benzene rings is 1. The highest BCUT2D eigenvalue weighted by molar-refractivity contribution is 6.76. The molecule has 1 aromatic carbocycles. The van der Waals surface area contributed by atoms with Crippen LogP contribution in [0.25, 0.3) is 22.6 Å². The molecule has 39 heavy (non-hydrogen) atoms. The van der Waals surface area contributed by atoms with Crippen LogP contribution in [0.15, 0.2) is 36.5 Å². The Kier molecular flexibility index (Phi) is 7.48. The zero-order valence-corrected chi connectivity index (χ0v) is 24.8. The second-order valence-corrected chi connectivity index (χ2v) is 17.6. The number of carbonyl (C=O) groups is 2. The molecule has 0 radical (unpaired) electrons. The number of imidazole rings is 1. The molecule has 1 aliphatic heterocycles. The SMILES string of the molecule is COC(=O)c1nc(-c2cc(-c3ccc4c(c3)CN([C@@H](C)C3CC3)C4=O)ccn2)n(COCC[Si](C)(C)C)c1C. The van der Waals surface area contributed by atoms with Crippen molar-refractivity contribution in [3.8, 4) is 22.6 Å². The molecule has 206 valence electrons. The van der Waals surface area contributed by atoms with Gasteiger partial charge in [-0.25, -0.2) is 9.78 Å². The van der Waals surface area contributed by atoms with Crippen LogP contribution in [0.1, 0.15) is 51.9 Å². The maximum Gasteiger partial charge on any atom is 0.358 e. The number of ether oxygens (including phenoxy) is 2. The molecule has 3 heterocycles. The first kappa shape index (κ1) is 27.3. The fourth-order valence-corrected chi connectivity index (χ4v) is 5.89. The smallest absolute Gasteiger partial charge is 0.358 e. The van der Waals surface area contributed by atoms with E-state index in [2.05, 4.69) is 42.6 Å². The number of amides is 1. The average molecular weight is 547 g/mol. The van der Waals surface area contributed by atoms with Crippen LogP contribution < -0.4 is 0 Å². The Bertz CT molecular complexity index is 1410. The lowest BCUT2D eigenvalue weighted by Gasteiger charge is -2.23. The number of esters is 1. The van der Waals surface area contributed by atoms with Crippen molar-refractivity contribution in [1.82, 2.24) is 19.4 Å². The summed E-state index contributed by atoms with van der Waals surface area (Å²) in [6.07, 6.45) is 4.17. The molecular weight excluding hydrogens is 508 g/mol. The number of pyridine rings is 1. The average Bonchev–Trinajstić information content (AvgIpc) is 3.64. The number of hydrogen-bond acceptors (Lipinski definition) is 6. The normalized spacial score (nSPS) is 15.9. The van der Waals surface area contributed by atoms with Crippen molar-refractivity contribution in [3.05, 3.63) is 59.0 Å². The molecule has 0 bridgehead atoms. The Hall–Kier alpha value is -3.30. The molecule has 1 fully saturated rings. The van der Waals surface area contributed by atoms with Crippen LogP contribution in [0, 0.1) is 12.8 Å². The van der Waals surface area contributed by atoms with E-state index < -0.39 is 14.0 Å². The van der Waals surface area contributed by atoms with E-state index in [-0.39, 0.29) is 24.4 Å². The van der Waals surface area contributed by atoms with Gasteiger partial charge >= 0.3 is 5.97 Å². The molecule has 0 N–H and O–H groups in total. The first-order valence-corrected chi connectivity index (χ1v) is 17.4. The van der Waals surface area contributed by atoms with Gasteiger partial charge in [-0.15, -0.1) is 0 Å². The Morgan fingerprint density at radius 1 is 1.15 bits per heavy atom. The van der Waals surface area contributed by atoms with Crippen LogP contribution in [0.4, 0.5) is 0 Å². The monoisotopic (exact) mass is 546 g/mol. The number of nitrogens with zero attached hydrogens (tertiary/aromatic N) is 4. The van der Waals surface area contributed by atoms with Crippen LogP contribution in [0.2, 0.25) is 25.7 Å². The van der Waals surface area contributed by atoms with Crippen LogP contribution in [0.5, 0.6) is 0 Å². The van der Waals surface area contributed by atoms with Crippen molar-refractivity contribution in [3.63, 3.8) is 0 Å². The predicted octanol–water partition coefficient (Wildman–Crippen LogP) is 5.77. The third kappa shape index (κ3) is 5.70. The van der Waals surface area contributed by atoms with Gasteiger partial charge in [0.2, 0.25) is 0 Å². The highest BCUT2D eigenvalue weighted by Crippen LogP contribution is 2.39. The Morgan fingerprint density at radius 2 is 1.90 bits per heavy atom. The fraction of sp³-hybridized carbons (Fsp3) is 0.467. The highest BCUT2D eigenvalue weighted by Gasteiger charge is 2.38. The summed E-state index contributed by atoms with van der Waals surface area (Å²) < 4.78 is 12.9. The van der Waals surface area contributed by atoms with Gasteiger partial charge in [-0.3, -0.25) is 9.78 Å². The van der Waals surface area contributed by atoms with E-state index in [4.69, 9.17) is 9.47 Å². The summed E-state index contributed by atoms with van der Waals surface area (Å²) in [6.45, 7) is 12.5. The molecule has 2 aromatic heterocycles. The first-order chi connectivity index (χ1) is 18.6. The van der Waals surface area contributed by atoms with Crippen LogP contribution in [-0.4, -0.2) is 59.1 Å². The molecule has 0 spiro atoms. The standard InChI is InChI=1S/C30H38N4O4Si/c1-19(21-7-8-21)33-17-24-15-22(9-10-25(24)29(33)35)23-11-12-31-26(16-23)28-32-27(30(36)37-3)20(2)34(28)18-38-13-14-39(4,5)6/h9-12,15-16,19,21H,7-8,13-14,17-18H2,1-6H3/t19-/m0/s1. The van der Waals surface area contributed by atoms with Gasteiger partial charge in [-0.1, -0.05) is 25.7 Å². The van der Waals surface area contributed by atoms with Crippen molar-refractivity contribution < 1.29 is 19.1 Å². The van der Waals surface area contributed by atoms with Crippen molar-refractivity contribution in [2.24, 2.45) is 5.92 Å². The Labute approximate surface area is 231 Å². The van der Waals surface area contributed by atoms with E-state index in [9.17, 15) is 9.59 Å². The number of aromatic nitrogens is 3. The number of fused-ring (bicyclic) bond motifs is 1. The maximum absolute atomic E-state index is 13.0. The van der Waals surface area contributed by atoms with Crippen molar-refractivity contribution >= 4 is 20.0 Å². The van der Waals surface area contributed by atoms with E-state index in [0.29, 0.717) is 36.3 Å². The molecule has 2 aliphatic rings. The maximum atomic E-state index is 13.0. The van der Waals surface area contributed by atoms with Gasteiger partial charge < -0.3 is 18.9 Å². The van der Waals surface area contributed by atoms with E-state index in [1.165, 1.54) is 20.0 Å². The molecule has 8 nitrogen and oxygen atoms in total. The summed E-state index contributed by atoms with van der Waals surface area (Å²) in [6, 6.07) is 11.3. The molecule has 1 aliphatic carbocycles. The minimum atomic E-state index is -1.24. The van der Waals surface area contributed by atoms with Crippen molar-refractivity contribution in [2.75, 3.05) is 13.7 Å². The summed E-state index contributed by atoms with van der Waals surface area (Å²) in [7, 11) is 0.120. The van der Waals surface area contributed by atoms with Gasteiger partial charge in [-0.05, 0) is 79.6 Å². The number of rotatable bonds is 10. The summed E-state index contributed by atoms with van der Waals surface area (Å²) in [5.74, 6) is 0.836. The number of carbonyl (C=O) groups excluding carboxylic acids is 2. The molecule has 1 atom stereocenters. The third-order valence-electron chi connectivity index (χ3n) is 7.87. The predicted molar refractivity (Wildman–Crippen MR) is 153 cm³/mol. The molecule has 9 heteroatoms. The van der Waals surface area contributed by atoms with E-state index in [0.717, 1.165) is 28.3 Å². The van der Waals surface area contributed by atoms with Gasteiger partial charge in [0.15, 0.2) is 11.5 Å². The molecule has 1 amide bonds. The zero-order chi connectivity index (χ0) is 27.9. The summed E-state index contributed by atoms with van der Waals surface area (Å²) in [5.41, 5.74) is 5.41. The van der Waals surface area contributed by atoms with E-state index >= 15 is 0 Å². The summed E-state index contributed by atoms with van der Waals surface area (Å²) >= 11 is 0.